The van der Waals surface area contributed by atoms with Gasteiger partial charge in [0.05, 0.1) is 13.0 Å². The van der Waals surface area contributed by atoms with Gasteiger partial charge in [0.2, 0.25) is 5.91 Å². The van der Waals surface area contributed by atoms with Crippen LogP contribution in [0.5, 0.6) is 0 Å². The number of ether oxygens (including phenoxy) is 1. The first-order valence-electron chi connectivity index (χ1n) is 4.71. The lowest BCUT2D eigenvalue weighted by Crippen LogP contribution is -2.50. The maximum Gasteiger partial charge on any atom is 0.224 e. The van der Waals surface area contributed by atoms with Gasteiger partial charge in [-0.3, -0.25) is 4.79 Å². The highest BCUT2D eigenvalue weighted by atomic mass is 16.5. The van der Waals surface area contributed by atoms with Gasteiger partial charge in [0, 0.05) is 5.56 Å². The number of carbonyl (C=O) groups is 1. The van der Waals surface area contributed by atoms with Gasteiger partial charge in [-0.05, 0) is 6.92 Å². The van der Waals surface area contributed by atoms with Gasteiger partial charge in [-0.1, -0.05) is 30.3 Å². The summed E-state index contributed by atoms with van der Waals surface area (Å²) in [6, 6.07) is 9.71. The molecule has 1 aliphatic heterocycles. The summed E-state index contributed by atoms with van der Waals surface area (Å²) >= 11 is 0. The Morgan fingerprint density at radius 3 is 2.71 bits per heavy atom. The van der Waals surface area contributed by atoms with Crippen LogP contribution in [0.15, 0.2) is 30.3 Å². The summed E-state index contributed by atoms with van der Waals surface area (Å²) in [6.07, 6.45) is 0.447. The van der Waals surface area contributed by atoms with E-state index in [0.717, 1.165) is 5.56 Å². The maximum absolute atomic E-state index is 11.3. The van der Waals surface area contributed by atoms with Crippen molar-refractivity contribution in [3.05, 3.63) is 35.9 Å². The molecular formula is C11H13NO2. The second kappa shape index (κ2) is 3.42. The van der Waals surface area contributed by atoms with Gasteiger partial charge >= 0.3 is 0 Å². The van der Waals surface area contributed by atoms with E-state index in [9.17, 15) is 4.79 Å². The molecule has 1 amide bonds. The largest absolute Gasteiger partial charge is 0.351 e. The summed E-state index contributed by atoms with van der Waals surface area (Å²) in [6.45, 7) is 2.36. The first-order valence-corrected chi connectivity index (χ1v) is 4.71. The van der Waals surface area contributed by atoms with Gasteiger partial charge in [-0.2, -0.15) is 0 Å². The molecule has 0 bridgehead atoms. The van der Waals surface area contributed by atoms with Crippen molar-refractivity contribution in [2.45, 2.75) is 19.1 Å². The van der Waals surface area contributed by atoms with E-state index in [0.29, 0.717) is 13.0 Å². The average molecular weight is 191 g/mol. The lowest BCUT2D eigenvalue weighted by Gasteiger charge is -2.34. The van der Waals surface area contributed by atoms with Crippen molar-refractivity contribution in [1.29, 1.82) is 0 Å². The van der Waals surface area contributed by atoms with Gasteiger partial charge in [0.15, 0.2) is 5.72 Å². The fraction of sp³-hybridized carbons (Fsp3) is 0.364. The standard InChI is InChI=1S/C11H13NO2/c1-11(9-5-3-2-4-6-9)12-10(13)7-8-14-11/h2-6H,7-8H2,1H3,(H,12,13). The smallest absolute Gasteiger partial charge is 0.224 e. The zero-order valence-electron chi connectivity index (χ0n) is 8.12. The highest BCUT2D eigenvalue weighted by molar-refractivity contribution is 5.77. The summed E-state index contributed by atoms with van der Waals surface area (Å²) in [5, 5.41) is 2.85. The fourth-order valence-electron chi connectivity index (χ4n) is 1.62. The molecule has 0 saturated carbocycles. The van der Waals surface area contributed by atoms with Gasteiger partial charge in [-0.25, -0.2) is 0 Å². The van der Waals surface area contributed by atoms with E-state index in [-0.39, 0.29) is 5.91 Å². The normalized spacial score (nSPS) is 27.1. The van der Waals surface area contributed by atoms with Crippen LogP contribution in [0, 0.1) is 0 Å². The van der Waals surface area contributed by atoms with E-state index >= 15 is 0 Å². The van der Waals surface area contributed by atoms with Gasteiger partial charge in [0.25, 0.3) is 0 Å². The Balaban J connectivity index is 2.27. The molecule has 1 aromatic carbocycles. The molecule has 1 N–H and O–H groups in total. The summed E-state index contributed by atoms with van der Waals surface area (Å²) in [5.74, 6) is 0.0441. The van der Waals surface area contributed by atoms with Crippen LogP contribution >= 0.6 is 0 Å². The highest BCUT2D eigenvalue weighted by Gasteiger charge is 2.32. The Bertz CT molecular complexity index is 336. The highest BCUT2D eigenvalue weighted by Crippen LogP contribution is 2.24. The quantitative estimate of drug-likeness (QED) is 0.728. The molecule has 1 aliphatic rings. The molecule has 14 heavy (non-hydrogen) atoms. The zero-order chi connectivity index (χ0) is 10.0. The lowest BCUT2D eigenvalue weighted by atomic mass is 10.0. The van der Waals surface area contributed by atoms with Crippen LogP contribution in [-0.4, -0.2) is 12.5 Å². The van der Waals surface area contributed by atoms with Crippen LogP contribution in [0.3, 0.4) is 0 Å². The summed E-state index contributed by atoms with van der Waals surface area (Å²) in [4.78, 5) is 11.3. The van der Waals surface area contributed by atoms with E-state index in [4.69, 9.17) is 4.74 Å². The number of hydrogen-bond donors (Lipinski definition) is 1. The summed E-state index contributed by atoms with van der Waals surface area (Å²) in [5.41, 5.74) is 0.324. The van der Waals surface area contributed by atoms with Crippen LogP contribution in [0.1, 0.15) is 18.9 Å². The number of nitrogens with one attached hydrogen (secondary N) is 1. The Kier molecular flexibility index (Phi) is 2.25. The number of rotatable bonds is 1. The number of benzene rings is 1. The molecule has 0 radical (unpaired) electrons. The Morgan fingerprint density at radius 1 is 1.36 bits per heavy atom. The molecule has 2 rings (SSSR count). The lowest BCUT2D eigenvalue weighted by molar-refractivity contribution is -0.147. The van der Waals surface area contributed by atoms with Crippen molar-refractivity contribution in [2.24, 2.45) is 0 Å². The van der Waals surface area contributed by atoms with Gasteiger partial charge in [0.1, 0.15) is 0 Å². The van der Waals surface area contributed by atoms with Crippen molar-refractivity contribution >= 4 is 5.91 Å². The molecule has 1 aromatic rings. The summed E-state index contributed by atoms with van der Waals surface area (Å²) in [7, 11) is 0. The summed E-state index contributed by atoms with van der Waals surface area (Å²) < 4.78 is 5.59. The molecule has 1 saturated heterocycles. The molecule has 1 fully saturated rings. The molecular weight excluding hydrogens is 178 g/mol. The van der Waals surface area contributed by atoms with Gasteiger partial charge < -0.3 is 10.1 Å². The molecule has 0 spiro atoms. The van der Waals surface area contributed by atoms with Crippen LogP contribution in [0.25, 0.3) is 0 Å². The van der Waals surface area contributed by atoms with Crippen LogP contribution in [0.4, 0.5) is 0 Å². The molecule has 1 heterocycles. The van der Waals surface area contributed by atoms with Crippen molar-refractivity contribution in [2.75, 3.05) is 6.61 Å². The first kappa shape index (κ1) is 9.21. The monoisotopic (exact) mass is 191 g/mol. The van der Waals surface area contributed by atoms with E-state index < -0.39 is 5.72 Å². The predicted molar refractivity (Wildman–Crippen MR) is 52.5 cm³/mol. The van der Waals surface area contributed by atoms with E-state index in [2.05, 4.69) is 5.32 Å². The maximum atomic E-state index is 11.3. The minimum absolute atomic E-state index is 0.0441. The molecule has 0 aromatic heterocycles. The molecule has 3 nitrogen and oxygen atoms in total. The van der Waals surface area contributed by atoms with Crippen LogP contribution in [0.2, 0.25) is 0 Å². The van der Waals surface area contributed by atoms with E-state index in [1.165, 1.54) is 0 Å². The van der Waals surface area contributed by atoms with Crippen molar-refractivity contribution < 1.29 is 9.53 Å². The van der Waals surface area contributed by atoms with Crippen molar-refractivity contribution in [1.82, 2.24) is 5.32 Å². The van der Waals surface area contributed by atoms with E-state index in [1.807, 2.05) is 37.3 Å². The van der Waals surface area contributed by atoms with Crippen LogP contribution in [-0.2, 0) is 15.3 Å². The van der Waals surface area contributed by atoms with Crippen molar-refractivity contribution in [3.63, 3.8) is 0 Å². The average Bonchev–Trinajstić information content (AvgIpc) is 2.19. The zero-order valence-corrected chi connectivity index (χ0v) is 8.12. The Hall–Kier alpha value is -1.35. The van der Waals surface area contributed by atoms with Gasteiger partial charge in [-0.15, -0.1) is 0 Å². The molecule has 1 atom stereocenters. The Labute approximate surface area is 83.1 Å². The molecule has 3 heteroatoms. The SMILES string of the molecule is CC1(c2ccccc2)NC(=O)CCO1. The third-order valence-electron chi connectivity index (χ3n) is 2.42. The third kappa shape index (κ3) is 1.63. The second-order valence-corrected chi connectivity index (χ2v) is 3.55. The number of carbonyl (C=O) groups excluding carboxylic acids is 1. The topological polar surface area (TPSA) is 38.3 Å². The molecule has 0 aliphatic carbocycles. The predicted octanol–water partition coefficient (Wildman–Crippen LogP) is 1.40. The number of hydrogen-bond acceptors (Lipinski definition) is 2. The molecule has 1 unspecified atom stereocenters. The minimum atomic E-state index is -0.656. The minimum Gasteiger partial charge on any atom is -0.351 e. The van der Waals surface area contributed by atoms with Crippen molar-refractivity contribution in [3.8, 4) is 0 Å². The Morgan fingerprint density at radius 2 is 2.07 bits per heavy atom. The number of amides is 1. The van der Waals surface area contributed by atoms with Crippen LogP contribution < -0.4 is 5.32 Å². The third-order valence-corrected chi connectivity index (χ3v) is 2.42. The first-order chi connectivity index (χ1) is 6.71. The second-order valence-electron chi connectivity index (χ2n) is 3.55. The molecule has 74 valence electrons. The fourth-order valence-corrected chi connectivity index (χ4v) is 1.62. The van der Waals surface area contributed by atoms with E-state index in [1.54, 1.807) is 0 Å².